The minimum absolute atomic E-state index is 0.00707. The number of benzene rings is 1. The van der Waals surface area contributed by atoms with Gasteiger partial charge in [0, 0.05) is 6.54 Å². The second-order valence-corrected chi connectivity index (χ2v) is 3.72. The zero-order chi connectivity index (χ0) is 13.7. The van der Waals surface area contributed by atoms with Crippen molar-refractivity contribution in [1.29, 1.82) is 0 Å². The molecule has 0 aliphatic heterocycles. The number of methoxy groups -OCH3 is 1. The third-order valence-corrected chi connectivity index (χ3v) is 2.46. The Bertz CT molecular complexity index is 574. The lowest BCUT2D eigenvalue weighted by Crippen LogP contribution is -2.06. The summed E-state index contributed by atoms with van der Waals surface area (Å²) in [5, 5.41) is 5.87. The molecule has 0 aliphatic carbocycles. The SMILES string of the molecule is COc1nc(N)nc(NCc2ccccc2)c1N=O. The van der Waals surface area contributed by atoms with Gasteiger partial charge in [-0.2, -0.15) is 9.97 Å². The van der Waals surface area contributed by atoms with E-state index in [4.69, 9.17) is 10.5 Å². The van der Waals surface area contributed by atoms with E-state index in [1.54, 1.807) is 0 Å². The lowest BCUT2D eigenvalue weighted by molar-refractivity contribution is 0.399. The Kier molecular flexibility index (Phi) is 3.87. The molecule has 7 heteroatoms. The minimum Gasteiger partial charge on any atom is -0.479 e. The Balaban J connectivity index is 2.24. The first-order chi connectivity index (χ1) is 9.24. The fourth-order valence-electron chi connectivity index (χ4n) is 1.58. The van der Waals surface area contributed by atoms with Gasteiger partial charge in [-0.25, -0.2) is 0 Å². The first-order valence-electron chi connectivity index (χ1n) is 5.57. The van der Waals surface area contributed by atoms with E-state index in [-0.39, 0.29) is 23.3 Å². The van der Waals surface area contributed by atoms with E-state index in [2.05, 4.69) is 20.5 Å². The summed E-state index contributed by atoms with van der Waals surface area (Å²) in [6.07, 6.45) is 0. The molecule has 2 aromatic rings. The average molecular weight is 259 g/mol. The highest BCUT2D eigenvalue weighted by Crippen LogP contribution is 2.32. The van der Waals surface area contributed by atoms with E-state index < -0.39 is 0 Å². The molecular weight excluding hydrogens is 246 g/mol. The van der Waals surface area contributed by atoms with Gasteiger partial charge in [-0.1, -0.05) is 30.3 Å². The molecule has 0 amide bonds. The third-order valence-electron chi connectivity index (χ3n) is 2.46. The topological polar surface area (TPSA) is 102 Å². The molecule has 2 rings (SSSR count). The first kappa shape index (κ1) is 12.7. The van der Waals surface area contributed by atoms with Crippen molar-refractivity contribution < 1.29 is 4.74 Å². The highest BCUT2D eigenvalue weighted by Gasteiger charge is 2.14. The average Bonchev–Trinajstić information content (AvgIpc) is 2.45. The molecule has 0 unspecified atom stereocenters. The number of anilines is 2. The monoisotopic (exact) mass is 259 g/mol. The molecule has 0 saturated heterocycles. The Labute approximate surface area is 109 Å². The van der Waals surface area contributed by atoms with E-state index in [1.165, 1.54) is 7.11 Å². The summed E-state index contributed by atoms with van der Waals surface area (Å²) in [5.74, 6) is 0.320. The Morgan fingerprint density at radius 1 is 1.32 bits per heavy atom. The number of nitrogens with two attached hydrogens (primary N) is 1. The molecular formula is C12H13N5O2. The maximum atomic E-state index is 10.8. The van der Waals surface area contributed by atoms with Gasteiger partial charge in [0.15, 0.2) is 5.82 Å². The van der Waals surface area contributed by atoms with Crippen LogP contribution < -0.4 is 15.8 Å². The van der Waals surface area contributed by atoms with Crippen molar-refractivity contribution in [3.8, 4) is 5.88 Å². The van der Waals surface area contributed by atoms with Crippen LogP contribution >= 0.6 is 0 Å². The van der Waals surface area contributed by atoms with Crippen LogP contribution in [0.15, 0.2) is 35.5 Å². The normalized spacial score (nSPS) is 9.95. The highest BCUT2D eigenvalue weighted by molar-refractivity contribution is 5.67. The fraction of sp³-hybridized carbons (Fsp3) is 0.167. The lowest BCUT2D eigenvalue weighted by Gasteiger charge is -2.09. The second-order valence-electron chi connectivity index (χ2n) is 3.72. The van der Waals surface area contributed by atoms with E-state index in [0.717, 1.165) is 5.56 Å². The number of hydrogen-bond donors (Lipinski definition) is 2. The van der Waals surface area contributed by atoms with Crippen molar-refractivity contribution in [3.63, 3.8) is 0 Å². The van der Waals surface area contributed by atoms with Gasteiger partial charge in [0.1, 0.15) is 0 Å². The number of nitroso groups, excluding NO2 is 1. The summed E-state index contributed by atoms with van der Waals surface area (Å²) >= 11 is 0. The third kappa shape index (κ3) is 2.95. The fourth-order valence-corrected chi connectivity index (χ4v) is 1.58. The Morgan fingerprint density at radius 2 is 2.05 bits per heavy atom. The summed E-state index contributed by atoms with van der Waals surface area (Å²) in [6.45, 7) is 0.489. The molecule has 0 fully saturated rings. The molecule has 19 heavy (non-hydrogen) atoms. The van der Waals surface area contributed by atoms with Gasteiger partial charge in [-0.15, -0.1) is 4.91 Å². The Hall–Kier alpha value is -2.70. The Morgan fingerprint density at radius 3 is 2.68 bits per heavy atom. The van der Waals surface area contributed by atoms with Crippen LogP contribution in [0.25, 0.3) is 0 Å². The molecule has 98 valence electrons. The van der Waals surface area contributed by atoms with Gasteiger partial charge < -0.3 is 15.8 Å². The number of nitrogen functional groups attached to an aromatic ring is 1. The van der Waals surface area contributed by atoms with Gasteiger partial charge in [0.2, 0.25) is 11.6 Å². The van der Waals surface area contributed by atoms with Crippen LogP contribution in [0.3, 0.4) is 0 Å². The maximum absolute atomic E-state index is 10.8. The molecule has 0 aliphatic rings. The molecule has 7 nitrogen and oxygen atoms in total. The van der Waals surface area contributed by atoms with Crippen LogP contribution in [-0.4, -0.2) is 17.1 Å². The predicted molar refractivity (Wildman–Crippen MR) is 72.2 cm³/mol. The van der Waals surface area contributed by atoms with Crippen LogP contribution in [0.4, 0.5) is 17.5 Å². The van der Waals surface area contributed by atoms with Crippen molar-refractivity contribution in [2.24, 2.45) is 5.18 Å². The molecule has 0 spiro atoms. The molecule has 1 aromatic carbocycles. The van der Waals surface area contributed by atoms with Crippen LogP contribution in [0.1, 0.15) is 5.56 Å². The maximum Gasteiger partial charge on any atom is 0.250 e. The van der Waals surface area contributed by atoms with Crippen molar-refractivity contribution >= 4 is 17.5 Å². The second kappa shape index (κ2) is 5.76. The minimum atomic E-state index is 0.00707. The first-order valence-corrected chi connectivity index (χ1v) is 5.57. The number of nitrogens with zero attached hydrogens (tertiary/aromatic N) is 3. The predicted octanol–water partition coefficient (Wildman–Crippen LogP) is 2.08. The number of hydrogen-bond acceptors (Lipinski definition) is 7. The lowest BCUT2D eigenvalue weighted by atomic mass is 10.2. The van der Waals surface area contributed by atoms with Gasteiger partial charge in [0.05, 0.1) is 7.11 Å². The van der Waals surface area contributed by atoms with E-state index in [1.807, 2.05) is 30.3 Å². The summed E-state index contributed by atoms with van der Waals surface area (Å²) in [7, 11) is 1.39. The highest BCUT2D eigenvalue weighted by atomic mass is 16.5. The zero-order valence-corrected chi connectivity index (χ0v) is 10.3. The molecule has 1 heterocycles. The van der Waals surface area contributed by atoms with Gasteiger partial charge in [-0.3, -0.25) is 0 Å². The molecule has 1 aromatic heterocycles. The quantitative estimate of drug-likeness (QED) is 0.797. The smallest absolute Gasteiger partial charge is 0.250 e. The van der Waals surface area contributed by atoms with Gasteiger partial charge in [0.25, 0.3) is 5.88 Å². The van der Waals surface area contributed by atoms with Crippen molar-refractivity contribution in [2.45, 2.75) is 6.54 Å². The molecule has 0 radical (unpaired) electrons. The van der Waals surface area contributed by atoms with Gasteiger partial charge >= 0.3 is 0 Å². The molecule has 0 bridgehead atoms. The summed E-state index contributed by atoms with van der Waals surface area (Å²) in [6, 6.07) is 9.66. The van der Waals surface area contributed by atoms with Crippen molar-refractivity contribution in [2.75, 3.05) is 18.2 Å². The molecule has 0 saturated carbocycles. The zero-order valence-electron chi connectivity index (χ0n) is 10.3. The molecule has 3 N–H and O–H groups in total. The summed E-state index contributed by atoms with van der Waals surface area (Å²) < 4.78 is 4.94. The van der Waals surface area contributed by atoms with Crippen molar-refractivity contribution in [3.05, 3.63) is 40.8 Å². The van der Waals surface area contributed by atoms with E-state index in [9.17, 15) is 4.91 Å². The van der Waals surface area contributed by atoms with Crippen molar-refractivity contribution in [1.82, 2.24) is 9.97 Å². The van der Waals surface area contributed by atoms with E-state index in [0.29, 0.717) is 6.54 Å². The number of ether oxygens (including phenoxy) is 1. The van der Waals surface area contributed by atoms with Crippen LogP contribution in [0.5, 0.6) is 5.88 Å². The summed E-state index contributed by atoms with van der Waals surface area (Å²) in [4.78, 5) is 18.6. The standard InChI is InChI=1S/C12H13N5O2/c1-19-11-9(17-18)10(15-12(13)16-11)14-7-8-5-3-2-4-6-8/h2-6H,7H2,1H3,(H3,13,14,15,16). The number of rotatable bonds is 5. The van der Waals surface area contributed by atoms with Crippen LogP contribution in [0, 0.1) is 4.91 Å². The van der Waals surface area contributed by atoms with Crippen LogP contribution in [-0.2, 0) is 6.54 Å². The number of nitrogens with one attached hydrogen (secondary N) is 1. The van der Waals surface area contributed by atoms with E-state index >= 15 is 0 Å². The molecule has 0 atom stereocenters. The number of aromatic nitrogens is 2. The van der Waals surface area contributed by atoms with Crippen LogP contribution in [0.2, 0.25) is 0 Å². The largest absolute Gasteiger partial charge is 0.479 e. The summed E-state index contributed by atoms with van der Waals surface area (Å²) in [5.41, 5.74) is 6.59. The van der Waals surface area contributed by atoms with Gasteiger partial charge in [-0.05, 0) is 10.7 Å².